The fourth-order valence-corrected chi connectivity index (χ4v) is 6.09. The van der Waals surface area contributed by atoms with Gasteiger partial charge in [-0.15, -0.1) is 0 Å². The molecule has 1 fully saturated rings. The van der Waals surface area contributed by atoms with Gasteiger partial charge in [0.15, 0.2) is 9.84 Å². The van der Waals surface area contributed by atoms with Gasteiger partial charge in [0.1, 0.15) is 11.5 Å². The van der Waals surface area contributed by atoms with Crippen LogP contribution in [0.1, 0.15) is 49.3 Å². The van der Waals surface area contributed by atoms with Crippen molar-refractivity contribution in [2.45, 2.75) is 55.4 Å². The molecular weight excluding hydrogens is 386 g/mol. The lowest BCUT2D eigenvalue weighted by Crippen LogP contribution is -2.38. The van der Waals surface area contributed by atoms with Crippen molar-refractivity contribution < 1.29 is 21.3 Å². The van der Waals surface area contributed by atoms with Crippen LogP contribution in [-0.4, -0.2) is 33.9 Å². The minimum Gasteiger partial charge on any atom is -0.464 e. The number of furan rings is 1. The molecule has 2 heterocycles. The molecule has 0 N–H and O–H groups in total. The molecule has 1 aromatic carbocycles. The number of aryl methyl sites for hydroxylation is 2. The van der Waals surface area contributed by atoms with Crippen molar-refractivity contribution >= 4 is 19.9 Å². The normalized spacial score (nSPS) is 19.3. The molecule has 1 aliphatic heterocycles. The second-order valence-electron chi connectivity index (χ2n) is 6.98. The first kappa shape index (κ1) is 20.1. The Balaban J connectivity index is 2.06. The smallest absolute Gasteiger partial charge is 0.244 e. The number of piperidine rings is 1. The maximum absolute atomic E-state index is 13.4. The molecule has 2 aromatic rings. The van der Waals surface area contributed by atoms with E-state index in [1.165, 1.54) is 16.4 Å². The monoisotopic (exact) mass is 411 g/mol. The van der Waals surface area contributed by atoms with Crippen LogP contribution >= 0.6 is 0 Å². The molecule has 27 heavy (non-hydrogen) atoms. The number of hydrogen-bond donors (Lipinski definition) is 0. The van der Waals surface area contributed by atoms with E-state index in [0.717, 1.165) is 31.3 Å². The average molecular weight is 412 g/mol. The SMILES string of the molecule is CCc1ccc(C2CCCCN2S(=O)(=O)c2cc(S(C)(=O)=O)ccc2C)o1. The Hall–Kier alpha value is -1.64. The van der Waals surface area contributed by atoms with Gasteiger partial charge < -0.3 is 4.42 Å². The molecule has 3 rings (SSSR count). The Morgan fingerprint density at radius 3 is 2.48 bits per heavy atom. The van der Waals surface area contributed by atoms with E-state index in [-0.39, 0.29) is 15.8 Å². The lowest BCUT2D eigenvalue weighted by molar-refractivity contribution is 0.223. The maximum atomic E-state index is 13.4. The summed E-state index contributed by atoms with van der Waals surface area (Å²) in [6.07, 6.45) is 4.19. The Morgan fingerprint density at radius 2 is 1.85 bits per heavy atom. The summed E-state index contributed by atoms with van der Waals surface area (Å²) in [6.45, 7) is 4.05. The highest BCUT2D eigenvalue weighted by Gasteiger charge is 2.37. The lowest BCUT2D eigenvalue weighted by atomic mass is 10.0. The molecule has 148 valence electrons. The van der Waals surface area contributed by atoms with Crippen molar-refractivity contribution in [2.24, 2.45) is 0 Å². The van der Waals surface area contributed by atoms with Gasteiger partial charge in [0.05, 0.1) is 15.8 Å². The third kappa shape index (κ3) is 3.97. The molecular formula is C19H25NO5S2. The van der Waals surface area contributed by atoms with E-state index in [1.54, 1.807) is 13.0 Å². The standard InChI is InChI=1S/C19H25NO5S2/c1-4-15-9-11-18(25-15)17-7-5-6-12-20(17)27(23,24)19-13-16(26(3,21)22)10-8-14(19)2/h8-11,13,17H,4-7,12H2,1-3H3. The minimum atomic E-state index is -3.86. The van der Waals surface area contributed by atoms with Gasteiger partial charge in [0.25, 0.3) is 0 Å². The fraction of sp³-hybridized carbons (Fsp3) is 0.474. The third-order valence-corrected chi connectivity index (χ3v) is 8.15. The van der Waals surface area contributed by atoms with Gasteiger partial charge in [-0.05, 0) is 49.6 Å². The molecule has 8 heteroatoms. The Morgan fingerprint density at radius 1 is 1.11 bits per heavy atom. The molecule has 1 aromatic heterocycles. The minimum absolute atomic E-state index is 0.00602. The zero-order valence-corrected chi connectivity index (χ0v) is 17.4. The number of hydrogen-bond acceptors (Lipinski definition) is 5. The molecule has 1 saturated heterocycles. The summed E-state index contributed by atoms with van der Waals surface area (Å²) in [5, 5.41) is 0. The average Bonchev–Trinajstić information content (AvgIpc) is 3.10. The first-order valence-corrected chi connectivity index (χ1v) is 12.4. The molecule has 0 spiro atoms. The van der Waals surface area contributed by atoms with Gasteiger partial charge in [0, 0.05) is 19.2 Å². The Kier molecular flexibility index (Phi) is 5.52. The molecule has 1 aliphatic rings. The number of sulfone groups is 1. The summed E-state index contributed by atoms with van der Waals surface area (Å²) in [7, 11) is -7.36. The quantitative estimate of drug-likeness (QED) is 0.752. The van der Waals surface area contributed by atoms with Crippen LogP contribution in [0.2, 0.25) is 0 Å². The molecule has 0 aliphatic carbocycles. The largest absolute Gasteiger partial charge is 0.464 e. The van der Waals surface area contributed by atoms with E-state index in [9.17, 15) is 16.8 Å². The molecule has 6 nitrogen and oxygen atoms in total. The summed E-state index contributed by atoms with van der Waals surface area (Å²) in [5.41, 5.74) is 0.528. The molecule has 0 bridgehead atoms. The van der Waals surface area contributed by atoms with Crippen LogP contribution in [0.15, 0.2) is 44.5 Å². The molecule has 1 atom stereocenters. The molecule has 0 saturated carbocycles. The van der Waals surface area contributed by atoms with E-state index < -0.39 is 19.9 Å². The van der Waals surface area contributed by atoms with Gasteiger partial charge in [-0.2, -0.15) is 4.31 Å². The predicted molar refractivity (Wildman–Crippen MR) is 103 cm³/mol. The second-order valence-corrected chi connectivity index (χ2v) is 10.9. The van der Waals surface area contributed by atoms with Crippen molar-refractivity contribution in [3.63, 3.8) is 0 Å². The number of sulfonamides is 1. The van der Waals surface area contributed by atoms with Gasteiger partial charge in [0.2, 0.25) is 10.0 Å². The lowest BCUT2D eigenvalue weighted by Gasteiger charge is -2.33. The van der Waals surface area contributed by atoms with Crippen molar-refractivity contribution in [1.82, 2.24) is 4.31 Å². The molecule has 0 amide bonds. The summed E-state index contributed by atoms with van der Waals surface area (Å²) in [5.74, 6) is 1.47. The highest BCUT2D eigenvalue weighted by Crippen LogP contribution is 2.37. The second kappa shape index (κ2) is 7.41. The zero-order valence-electron chi connectivity index (χ0n) is 15.8. The molecule has 0 radical (unpaired) electrons. The van der Waals surface area contributed by atoms with Crippen LogP contribution in [0, 0.1) is 6.92 Å². The zero-order chi connectivity index (χ0) is 19.8. The van der Waals surface area contributed by atoms with Crippen molar-refractivity contribution in [3.8, 4) is 0 Å². The van der Waals surface area contributed by atoms with E-state index in [2.05, 4.69) is 0 Å². The number of benzene rings is 1. The van der Waals surface area contributed by atoms with Gasteiger partial charge in [-0.3, -0.25) is 0 Å². The fourth-order valence-electron chi connectivity index (χ4n) is 3.46. The summed E-state index contributed by atoms with van der Waals surface area (Å²) in [6, 6.07) is 7.61. The summed E-state index contributed by atoms with van der Waals surface area (Å²) in [4.78, 5) is 0.0473. The van der Waals surface area contributed by atoms with Crippen LogP contribution in [0.4, 0.5) is 0 Å². The van der Waals surface area contributed by atoms with E-state index >= 15 is 0 Å². The van der Waals surface area contributed by atoms with Crippen molar-refractivity contribution in [1.29, 1.82) is 0 Å². The number of rotatable bonds is 5. The van der Waals surface area contributed by atoms with Gasteiger partial charge >= 0.3 is 0 Å². The summed E-state index contributed by atoms with van der Waals surface area (Å²) < 4.78 is 58.0. The third-order valence-electron chi connectivity index (χ3n) is 4.99. The number of nitrogens with zero attached hydrogens (tertiary/aromatic N) is 1. The maximum Gasteiger partial charge on any atom is 0.244 e. The predicted octanol–water partition coefficient (Wildman–Crippen LogP) is 3.47. The van der Waals surface area contributed by atoms with Crippen LogP contribution in [0.25, 0.3) is 0 Å². The topological polar surface area (TPSA) is 84.7 Å². The molecule has 1 unspecified atom stereocenters. The highest BCUT2D eigenvalue weighted by molar-refractivity contribution is 7.91. The van der Waals surface area contributed by atoms with Crippen molar-refractivity contribution in [2.75, 3.05) is 12.8 Å². The summed E-state index contributed by atoms with van der Waals surface area (Å²) >= 11 is 0. The highest BCUT2D eigenvalue weighted by atomic mass is 32.2. The van der Waals surface area contributed by atoms with Gasteiger partial charge in [-0.25, -0.2) is 16.8 Å². The first-order valence-electron chi connectivity index (χ1n) is 9.05. The van der Waals surface area contributed by atoms with Gasteiger partial charge in [-0.1, -0.05) is 19.4 Å². The van der Waals surface area contributed by atoms with Crippen LogP contribution in [-0.2, 0) is 26.3 Å². The van der Waals surface area contributed by atoms with Crippen molar-refractivity contribution in [3.05, 3.63) is 47.4 Å². The van der Waals surface area contributed by atoms with Crippen LogP contribution < -0.4 is 0 Å². The van der Waals surface area contributed by atoms with Crippen LogP contribution in [0.3, 0.4) is 0 Å². The Labute approximate surface area is 161 Å². The van der Waals surface area contributed by atoms with E-state index in [1.807, 2.05) is 19.1 Å². The Bertz CT molecular complexity index is 1040. The van der Waals surface area contributed by atoms with E-state index in [0.29, 0.717) is 24.3 Å². The van der Waals surface area contributed by atoms with Crippen LogP contribution in [0.5, 0.6) is 0 Å². The van der Waals surface area contributed by atoms with E-state index in [4.69, 9.17) is 4.42 Å². The first-order chi connectivity index (χ1) is 12.6.